The van der Waals surface area contributed by atoms with Gasteiger partial charge in [-0.25, -0.2) is 0 Å². The van der Waals surface area contributed by atoms with E-state index in [0.29, 0.717) is 19.6 Å². The summed E-state index contributed by atoms with van der Waals surface area (Å²) in [6, 6.07) is 0. The number of amides is 1. The molecule has 0 bridgehead atoms. The second-order valence-corrected chi connectivity index (χ2v) is 6.78. The van der Waals surface area contributed by atoms with E-state index in [1.54, 1.807) is 13.8 Å². The van der Waals surface area contributed by atoms with Gasteiger partial charge < -0.3 is 10.4 Å². The lowest BCUT2D eigenvalue weighted by Gasteiger charge is -2.27. The third kappa shape index (κ3) is 10.5. The molecule has 0 aliphatic carbocycles. The van der Waals surface area contributed by atoms with E-state index in [9.17, 15) is 9.90 Å². The van der Waals surface area contributed by atoms with Crippen molar-refractivity contribution >= 4 is 5.91 Å². The van der Waals surface area contributed by atoms with Gasteiger partial charge in [0.25, 0.3) is 0 Å². The zero-order chi connectivity index (χ0) is 14.4. The molecule has 0 aliphatic heterocycles. The largest absolute Gasteiger partial charge is 0.389 e. The van der Waals surface area contributed by atoms with Crippen molar-refractivity contribution in [3.05, 3.63) is 0 Å². The number of nitrogens with one attached hydrogen (secondary N) is 1. The van der Waals surface area contributed by atoms with E-state index >= 15 is 0 Å². The van der Waals surface area contributed by atoms with Gasteiger partial charge in [0.05, 0.1) is 12.1 Å². The van der Waals surface area contributed by atoms with Crippen LogP contribution in [0.2, 0.25) is 0 Å². The van der Waals surface area contributed by atoms with E-state index in [2.05, 4.69) is 26.1 Å². The van der Waals surface area contributed by atoms with Crippen LogP contribution in [0.1, 0.15) is 48.0 Å². The highest BCUT2D eigenvalue weighted by molar-refractivity contribution is 5.77. The monoisotopic (exact) mass is 258 g/mol. The Labute approximate surface area is 112 Å². The first-order valence-electron chi connectivity index (χ1n) is 6.75. The maximum atomic E-state index is 11.7. The van der Waals surface area contributed by atoms with Crippen molar-refractivity contribution in [1.82, 2.24) is 10.2 Å². The molecule has 0 radical (unpaired) electrons. The van der Waals surface area contributed by atoms with Gasteiger partial charge in [0.15, 0.2) is 0 Å². The Hall–Kier alpha value is -0.610. The Morgan fingerprint density at radius 1 is 1.22 bits per heavy atom. The van der Waals surface area contributed by atoms with Gasteiger partial charge in [-0.2, -0.15) is 0 Å². The fraction of sp³-hybridized carbons (Fsp3) is 0.929. The first-order chi connectivity index (χ1) is 8.03. The normalized spacial score (nSPS) is 12.9. The third-order valence-corrected chi connectivity index (χ3v) is 2.62. The quantitative estimate of drug-likeness (QED) is 0.730. The van der Waals surface area contributed by atoms with Gasteiger partial charge >= 0.3 is 0 Å². The van der Waals surface area contributed by atoms with Crippen molar-refractivity contribution in [2.24, 2.45) is 5.41 Å². The maximum absolute atomic E-state index is 11.7. The topological polar surface area (TPSA) is 52.6 Å². The van der Waals surface area contributed by atoms with E-state index in [-0.39, 0.29) is 11.3 Å². The molecule has 4 heteroatoms. The fourth-order valence-corrected chi connectivity index (χ4v) is 1.66. The van der Waals surface area contributed by atoms with Crippen molar-refractivity contribution in [3.63, 3.8) is 0 Å². The molecule has 0 aromatic rings. The molecule has 1 amide bonds. The van der Waals surface area contributed by atoms with Crippen LogP contribution in [0.3, 0.4) is 0 Å². The molecule has 2 N–H and O–H groups in total. The number of carbonyl (C=O) groups excluding carboxylic acids is 1. The Balaban J connectivity index is 3.98. The Morgan fingerprint density at radius 3 is 2.17 bits per heavy atom. The molecule has 0 fully saturated rings. The minimum absolute atomic E-state index is 0.0327. The number of nitrogens with zero attached hydrogens (tertiary/aromatic N) is 1. The molecule has 4 nitrogen and oxygen atoms in total. The van der Waals surface area contributed by atoms with Crippen LogP contribution in [0.5, 0.6) is 0 Å². The minimum atomic E-state index is -0.762. The lowest BCUT2D eigenvalue weighted by atomic mass is 9.92. The highest BCUT2D eigenvalue weighted by Gasteiger charge is 2.19. The average Bonchev–Trinajstić information content (AvgIpc) is 2.12. The lowest BCUT2D eigenvalue weighted by molar-refractivity contribution is -0.122. The van der Waals surface area contributed by atoms with E-state index in [1.807, 2.05) is 11.8 Å². The molecule has 0 heterocycles. The van der Waals surface area contributed by atoms with Gasteiger partial charge in [0.1, 0.15) is 0 Å². The van der Waals surface area contributed by atoms with Crippen LogP contribution >= 0.6 is 0 Å². The summed E-state index contributed by atoms with van der Waals surface area (Å²) >= 11 is 0. The molecular formula is C14H30N2O2. The highest BCUT2D eigenvalue weighted by Crippen LogP contribution is 2.16. The minimum Gasteiger partial charge on any atom is -0.389 e. The van der Waals surface area contributed by atoms with E-state index in [4.69, 9.17) is 0 Å². The second-order valence-electron chi connectivity index (χ2n) is 6.78. The average molecular weight is 258 g/mol. The Bertz CT molecular complexity index is 252. The fourth-order valence-electron chi connectivity index (χ4n) is 1.66. The number of hydrogen-bond acceptors (Lipinski definition) is 3. The third-order valence-electron chi connectivity index (χ3n) is 2.62. The number of aliphatic hydroxyl groups is 1. The molecule has 18 heavy (non-hydrogen) atoms. The van der Waals surface area contributed by atoms with Crippen molar-refractivity contribution in [2.45, 2.75) is 53.6 Å². The van der Waals surface area contributed by atoms with E-state index in [0.717, 1.165) is 13.0 Å². The van der Waals surface area contributed by atoms with Gasteiger partial charge in [-0.1, -0.05) is 27.7 Å². The summed E-state index contributed by atoms with van der Waals surface area (Å²) in [5.74, 6) is 0.0327. The van der Waals surface area contributed by atoms with Crippen LogP contribution in [-0.4, -0.2) is 47.7 Å². The van der Waals surface area contributed by atoms with Crippen molar-refractivity contribution < 1.29 is 9.90 Å². The summed E-state index contributed by atoms with van der Waals surface area (Å²) in [7, 11) is 0. The Morgan fingerprint density at radius 2 is 1.78 bits per heavy atom. The second kappa shape index (κ2) is 7.10. The molecule has 0 rings (SSSR count). The smallest absolute Gasteiger partial charge is 0.234 e. The molecule has 108 valence electrons. The molecule has 0 unspecified atom stereocenters. The van der Waals surface area contributed by atoms with Gasteiger partial charge in [-0.3, -0.25) is 9.69 Å². The Kier molecular flexibility index (Phi) is 6.86. The maximum Gasteiger partial charge on any atom is 0.234 e. The zero-order valence-electron chi connectivity index (χ0n) is 12.8. The molecule has 0 spiro atoms. The van der Waals surface area contributed by atoms with Crippen molar-refractivity contribution in [1.29, 1.82) is 0 Å². The van der Waals surface area contributed by atoms with Gasteiger partial charge in [0, 0.05) is 13.1 Å². The van der Waals surface area contributed by atoms with Crippen molar-refractivity contribution in [2.75, 3.05) is 26.2 Å². The zero-order valence-corrected chi connectivity index (χ0v) is 12.8. The number of rotatable bonds is 7. The molecule has 0 aromatic carbocycles. The highest BCUT2D eigenvalue weighted by atomic mass is 16.3. The summed E-state index contributed by atoms with van der Waals surface area (Å²) in [5, 5.41) is 12.7. The summed E-state index contributed by atoms with van der Waals surface area (Å²) in [6.07, 6.45) is 0.969. The van der Waals surface area contributed by atoms with Crippen LogP contribution < -0.4 is 5.32 Å². The standard InChI is InChI=1S/C14H30N2O2/c1-7-16(11-14(5,6)18)10-12(17)15-9-8-13(2,3)4/h18H,7-11H2,1-6H3,(H,15,17). The molecule has 0 aliphatic rings. The van der Waals surface area contributed by atoms with E-state index < -0.39 is 5.60 Å². The predicted molar refractivity (Wildman–Crippen MR) is 75.5 cm³/mol. The molecular weight excluding hydrogens is 228 g/mol. The number of hydrogen-bond donors (Lipinski definition) is 2. The summed E-state index contributed by atoms with van der Waals surface area (Å²) < 4.78 is 0. The van der Waals surface area contributed by atoms with Gasteiger partial charge in [-0.05, 0) is 32.2 Å². The van der Waals surface area contributed by atoms with Crippen LogP contribution in [0.15, 0.2) is 0 Å². The summed E-state index contributed by atoms with van der Waals surface area (Å²) in [4.78, 5) is 13.7. The lowest BCUT2D eigenvalue weighted by Crippen LogP contribution is -2.44. The molecule has 0 saturated heterocycles. The SMILES string of the molecule is CCN(CC(=O)NCCC(C)(C)C)CC(C)(C)O. The van der Waals surface area contributed by atoms with Crippen LogP contribution in [0.4, 0.5) is 0 Å². The molecule has 0 saturated carbocycles. The van der Waals surface area contributed by atoms with Crippen LogP contribution in [0, 0.1) is 5.41 Å². The van der Waals surface area contributed by atoms with Crippen LogP contribution in [0.25, 0.3) is 0 Å². The summed E-state index contributed by atoms with van der Waals surface area (Å²) in [6.45, 7) is 14.3. The summed E-state index contributed by atoms with van der Waals surface area (Å²) in [5.41, 5.74) is -0.521. The number of carbonyl (C=O) groups is 1. The van der Waals surface area contributed by atoms with Crippen molar-refractivity contribution in [3.8, 4) is 0 Å². The number of likely N-dealkylation sites (N-methyl/N-ethyl adjacent to an activating group) is 1. The van der Waals surface area contributed by atoms with E-state index in [1.165, 1.54) is 0 Å². The molecule has 0 atom stereocenters. The molecule has 0 aromatic heterocycles. The van der Waals surface area contributed by atoms with Gasteiger partial charge in [0.2, 0.25) is 5.91 Å². The van der Waals surface area contributed by atoms with Crippen LogP contribution in [-0.2, 0) is 4.79 Å². The first-order valence-corrected chi connectivity index (χ1v) is 6.75. The van der Waals surface area contributed by atoms with Gasteiger partial charge in [-0.15, -0.1) is 0 Å². The predicted octanol–water partition coefficient (Wildman–Crippen LogP) is 1.63. The first kappa shape index (κ1) is 17.4.